The minimum absolute atomic E-state index is 0.0257. The molecular weight excluding hydrogens is 276 g/mol. The van der Waals surface area contributed by atoms with E-state index in [9.17, 15) is 15.2 Å². The number of anilines is 1. The number of phenolic OH excluding ortho intramolecular Hbond substituents is 1. The summed E-state index contributed by atoms with van der Waals surface area (Å²) >= 11 is 0. The lowest BCUT2D eigenvalue weighted by Crippen LogP contribution is -1.95. The molecule has 0 saturated heterocycles. The summed E-state index contributed by atoms with van der Waals surface area (Å²) in [6, 6.07) is 7.74. The number of aromatic nitrogens is 1. The van der Waals surface area contributed by atoms with Crippen molar-refractivity contribution in [3.63, 3.8) is 0 Å². The molecule has 0 atom stereocenters. The molecule has 21 heavy (non-hydrogen) atoms. The maximum absolute atomic E-state index is 10.5. The average molecular weight is 288 g/mol. The molecule has 8 heteroatoms. The summed E-state index contributed by atoms with van der Waals surface area (Å²) in [4.78, 5) is 13.8. The van der Waals surface area contributed by atoms with Gasteiger partial charge in [-0.05, 0) is 18.2 Å². The highest BCUT2D eigenvalue weighted by Gasteiger charge is 2.06. The Labute approximate surface area is 119 Å². The van der Waals surface area contributed by atoms with Crippen molar-refractivity contribution in [3.8, 4) is 11.5 Å². The van der Waals surface area contributed by atoms with Gasteiger partial charge in [0.25, 0.3) is 5.69 Å². The fourth-order valence-electron chi connectivity index (χ4n) is 1.54. The van der Waals surface area contributed by atoms with E-state index in [-0.39, 0.29) is 11.4 Å². The molecule has 0 aliphatic heterocycles. The molecule has 0 radical (unpaired) electrons. The van der Waals surface area contributed by atoms with E-state index in [0.29, 0.717) is 17.1 Å². The molecule has 0 fully saturated rings. The van der Waals surface area contributed by atoms with Crippen LogP contribution >= 0.6 is 0 Å². The molecule has 0 unspecified atom stereocenters. The van der Waals surface area contributed by atoms with Gasteiger partial charge in [-0.15, -0.1) is 0 Å². The van der Waals surface area contributed by atoms with E-state index in [2.05, 4.69) is 15.5 Å². The van der Waals surface area contributed by atoms with E-state index in [1.54, 1.807) is 18.2 Å². The Kier molecular flexibility index (Phi) is 4.30. The molecule has 0 aliphatic rings. The maximum Gasteiger partial charge on any atom is 0.287 e. The first-order valence-corrected chi connectivity index (χ1v) is 5.87. The number of ether oxygens (including phenoxy) is 1. The SMILES string of the molecule is COc1cccc(/C=N/Nc2ccc([N+](=O)[O-])cn2)c1O. The van der Waals surface area contributed by atoms with Crippen LogP contribution in [0.4, 0.5) is 11.5 Å². The molecule has 0 spiro atoms. The van der Waals surface area contributed by atoms with Crippen LogP contribution in [-0.2, 0) is 0 Å². The number of phenols is 1. The van der Waals surface area contributed by atoms with Crippen molar-refractivity contribution in [3.05, 3.63) is 52.2 Å². The van der Waals surface area contributed by atoms with Crippen LogP contribution in [0.15, 0.2) is 41.6 Å². The Bertz CT molecular complexity index is 670. The molecule has 1 aromatic carbocycles. The molecule has 1 heterocycles. The molecule has 2 N–H and O–H groups in total. The molecular formula is C13H12N4O4. The highest BCUT2D eigenvalue weighted by atomic mass is 16.6. The number of pyridine rings is 1. The molecule has 2 aromatic rings. The van der Waals surface area contributed by atoms with E-state index in [0.717, 1.165) is 6.20 Å². The lowest BCUT2D eigenvalue weighted by atomic mass is 10.2. The van der Waals surface area contributed by atoms with Gasteiger partial charge in [0.05, 0.1) is 18.2 Å². The second kappa shape index (κ2) is 6.33. The Balaban J connectivity index is 2.07. The highest BCUT2D eigenvalue weighted by molar-refractivity contribution is 5.85. The Hall–Kier alpha value is -3.16. The van der Waals surface area contributed by atoms with Crippen LogP contribution in [0.3, 0.4) is 0 Å². The Morgan fingerprint density at radius 2 is 2.24 bits per heavy atom. The predicted octanol–water partition coefficient (Wildman–Crippen LogP) is 2.15. The Morgan fingerprint density at radius 1 is 1.43 bits per heavy atom. The summed E-state index contributed by atoms with van der Waals surface area (Å²) in [6.45, 7) is 0. The molecule has 0 saturated carbocycles. The van der Waals surface area contributed by atoms with Crippen molar-refractivity contribution >= 4 is 17.7 Å². The van der Waals surface area contributed by atoms with Crippen LogP contribution in [0.25, 0.3) is 0 Å². The third-order valence-electron chi connectivity index (χ3n) is 2.59. The summed E-state index contributed by atoms with van der Waals surface area (Å²) in [7, 11) is 1.45. The first kappa shape index (κ1) is 14.3. The molecule has 8 nitrogen and oxygen atoms in total. The first-order chi connectivity index (χ1) is 10.1. The summed E-state index contributed by atoms with van der Waals surface area (Å²) in [5.41, 5.74) is 2.97. The summed E-state index contributed by atoms with van der Waals surface area (Å²) in [6.07, 6.45) is 2.52. The van der Waals surface area contributed by atoms with Crippen molar-refractivity contribution in [1.82, 2.24) is 4.98 Å². The van der Waals surface area contributed by atoms with Gasteiger partial charge in [-0.3, -0.25) is 15.5 Å². The quantitative estimate of drug-likeness (QED) is 0.495. The third-order valence-corrected chi connectivity index (χ3v) is 2.59. The molecule has 0 aliphatic carbocycles. The van der Waals surface area contributed by atoms with E-state index in [1.165, 1.54) is 25.5 Å². The zero-order chi connectivity index (χ0) is 15.2. The smallest absolute Gasteiger partial charge is 0.287 e. The van der Waals surface area contributed by atoms with E-state index in [1.807, 2.05) is 0 Å². The zero-order valence-electron chi connectivity index (χ0n) is 11.1. The number of hydrazone groups is 1. The zero-order valence-corrected chi connectivity index (χ0v) is 11.1. The fourth-order valence-corrected chi connectivity index (χ4v) is 1.54. The van der Waals surface area contributed by atoms with Crippen LogP contribution in [-0.4, -0.2) is 28.3 Å². The minimum atomic E-state index is -0.533. The first-order valence-electron chi connectivity index (χ1n) is 5.87. The molecule has 0 amide bonds. The lowest BCUT2D eigenvalue weighted by Gasteiger charge is -2.05. The molecule has 2 rings (SSSR count). The monoisotopic (exact) mass is 288 g/mol. The number of nitrogens with one attached hydrogen (secondary N) is 1. The number of methoxy groups -OCH3 is 1. The van der Waals surface area contributed by atoms with Crippen LogP contribution in [0.2, 0.25) is 0 Å². The average Bonchev–Trinajstić information content (AvgIpc) is 2.49. The van der Waals surface area contributed by atoms with Crippen LogP contribution in [0.5, 0.6) is 11.5 Å². The van der Waals surface area contributed by atoms with Crippen molar-refractivity contribution in [2.75, 3.05) is 12.5 Å². The summed E-state index contributed by atoms with van der Waals surface area (Å²) in [5, 5.41) is 24.2. The van der Waals surface area contributed by atoms with Gasteiger partial charge < -0.3 is 9.84 Å². The Morgan fingerprint density at radius 3 is 2.86 bits per heavy atom. The number of hydrogen-bond donors (Lipinski definition) is 2. The van der Waals surface area contributed by atoms with Gasteiger partial charge in [0.15, 0.2) is 11.5 Å². The van der Waals surface area contributed by atoms with E-state index < -0.39 is 4.92 Å². The van der Waals surface area contributed by atoms with Gasteiger partial charge in [0.1, 0.15) is 12.0 Å². The van der Waals surface area contributed by atoms with E-state index in [4.69, 9.17) is 4.74 Å². The van der Waals surface area contributed by atoms with Gasteiger partial charge in [-0.25, -0.2) is 4.98 Å². The number of nitrogens with zero attached hydrogens (tertiary/aromatic N) is 3. The summed E-state index contributed by atoms with van der Waals surface area (Å²) in [5.74, 6) is 0.661. The van der Waals surface area contributed by atoms with Gasteiger partial charge in [0.2, 0.25) is 0 Å². The second-order valence-electron chi connectivity index (χ2n) is 3.93. The van der Waals surface area contributed by atoms with Crippen molar-refractivity contribution in [1.29, 1.82) is 0 Å². The van der Waals surface area contributed by atoms with Crippen LogP contribution < -0.4 is 10.2 Å². The van der Waals surface area contributed by atoms with Gasteiger partial charge in [0, 0.05) is 11.6 Å². The van der Waals surface area contributed by atoms with Crippen molar-refractivity contribution < 1.29 is 14.8 Å². The number of hydrogen-bond acceptors (Lipinski definition) is 7. The maximum atomic E-state index is 10.5. The molecule has 0 bridgehead atoms. The lowest BCUT2D eigenvalue weighted by molar-refractivity contribution is -0.385. The van der Waals surface area contributed by atoms with Crippen molar-refractivity contribution in [2.24, 2.45) is 5.10 Å². The third kappa shape index (κ3) is 3.44. The fraction of sp³-hybridized carbons (Fsp3) is 0.0769. The van der Waals surface area contributed by atoms with Gasteiger partial charge >= 0.3 is 0 Å². The number of rotatable bonds is 5. The van der Waals surface area contributed by atoms with E-state index >= 15 is 0 Å². The molecule has 108 valence electrons. The van der Waals surface area contributed by atoms with Crippen molar-refractivity contribution in [2.45, 2.75) is 0 Å². The number of benzene rings is 1. The predicted molar refractivity (Wildman–Crippen MR) is 76.8 cm³/mol. The second-order valence-corrected chi connectivity index (χ2v) is 3.93. The summed E-state index contributed by atoms with van der Waals surface area (Å²) < 4.78 is 4.98. The highest BCUT2D eigenvalue weighted by Crippen LogP contribution is 2.27. The van der Waals surface area contributed by atoms with Crippen LogP contribution in [0.1, 0.15) is 5.56 Å². The number of para-hydroxylation sites is 1. The topological polar surface area (TPSA) is 110 Å². The van der Waals surface area contributed by atoms with Gasteiger partial charge in [-0.2, -0.15) is 5.10 Å². The minimum Gasteiger partial charge on any atom is -0.504 e. The standard InChI is InChI=1S/C13H12N4O4/c1-21-11-4-2-3-9(13(11)18)7-15-16-12-6-5-10(8-14-12)17(19)20/h2-8,18H,1H3,(H,14,16)/b15-7+. The largest absolute Gasteiger partial charge is 0.504 e. The normalized spacial score (nSPS) is 10.5. The number of nitro groups is 1. The number of aromatic hydroxyl groups is 1. The van der Waals surface area contributed by atoms with Crippen LogP contribution in [0, 0.1) is 10.1 Å². The molecule has 1 aromatic heterocycles. The van der Waals surface area contributed by atoms with Gasteiger partial charge in [-0.1, -0.05) is 6.07 Å².